The summed E-state index contributed by atoms with van der Waals surface area (Å²) >= 11 is 6.19. The summed E-state index contributed by atoms with van der Waals surface area (Å²) < 4.78 is 27.2. The number of rotatable bonds is 7. The Kier molecular flexibility index (Phi) is 10.2. The van der Waals surface area contributed by atoms with Crippen LogP contribution in [0.15, 0.2) is 0 Å². The molecule has 0 aromatic carbocycles. The lowest BCUT2D eigenvalue weighted by Gasteiger charge is -2.32. The van der Waals surface area contributed by atoms with E-state index >= 15 is 4.39 Å². The van der Waals surface area contributed by atoms with Gasteiger partial charge in [-0.3, -0.25) is 4.90 Å². The number of fused-ring (bicyclic) bond motifs is 1. The minimum Gasteiger partial charge on any atom is -0.461 e. The maximum Gasteiger partial charge on any atom is 0.410 e. The highest BCUT2D eigenvalue weighted by atomic mass is 35.5. The zero-order valence-electron chi connectivity index (χ0n) is 25.5. The van der Waals surface area contributed by atoms with E-state index in [4.69, 9.17) is 26.1 Å². The van der Waals surface area contributed by atoms with Gasteiger partial charge in [-0.15, -0.1) is 0 Å². The Morgan fingerprint density at radius 2 is 1.88 bits per heavy atom. The van der Waals surface area contributed by atoms with Crippen molar-refractivity contribution in [3.8, 4) is 6.01 Å². The number of ether oxygens (including phenoxy) is 2. The lowest BCUT2D eigenvalue weighted by Crippen LogP contribution is -2.44. The molecule has 0 radical (unpaired) electrons. The third kappa shape index (κ3) is 7.13. The van der Waals surface area contributed by atoms with Crippen molar-refractivity contribution >= 4 is 34.4 Å². The van der Waals surface area contributed by atoms with Crippen molar-refractivity contribution in [2.45, 2.75) is 110 Å². The van der Waals surface area contributed by atoms with Crippen LogP contribution >= 0.6 is 11.6 Å². The van der Waals surface area contributed by atoms with Crippen molar-refractivity contribution < 1.29 is 18.7 Å². The number of aromatic nitrogens is 3. The molecule has 2 aromatic heterocycles. The number of carbonyl (C=O) groups excluding carboxylic acids is 1. The Labute approximate surface area is 248 Å². The zero-order valence-corrected chi connectivity index (χ0v) is 26.2. The van der Waals surface area contributed by atoms with E-state index in [1.807, 2.05) is 41.5 Å². The predicted molar refractivity (Wildman–Crippen MR) is 160 cm³/mol. The number of pyridine rings is 1. The number of halogens is 2. The maximum absolute atomic E-state index is 15.3. The Bertz CT molecular complexity index is 1210. The number of carbonyl (C=O) groups is 1. The quantitative estimate of drug-likeness (QED) is 0.359. The van der Waals surface area contributed by atoms with Crippen LogP contribution in [0.2, 0.25) is 5.15 Å². The highest BCUT2D eigenvalue weighted by molar-refractivity contribution is 6.30. The van der Waals surface area contributed by atoms with Crippen molar-refractivity contribution in [2.24, 2.45) is 0 Å². The average Bonchev–Trinajstić information content (AvgIpc) is 3.49. The van der Waals surface area contributed by atoms with Gasteiger partial charge in [0.25, 0.3) is 0 Å². The van der Waals surface area contributed by atoms with Crippen molar-refractivity contribution in [3.63, 3.8) is 0 Å². The Hall–Kier alpha value is -2.46. The van der Waals surface area contributed by atoms with Gasteiger partial charge >= 0.3 is 12.1 Å². The summed E-state index contributed by atoms with van der Waals surface area (Å²) in [5, 5.41) is 3.82. The number of hydrogen-bond acceptors (Lipinski definition) is 8. The van der Waals surface area contributed by atoms with Gasteiger partial charge in [0.05, 0.1) is 16.6 Å². The molecule has 41 heavy (non-hydrogen) atoms. The van der Waals surface area contributed by atoms with Gasteiger partial charge in [-0.2, -0.15) is 9.97 Å². The van der Waals surface area contributed by atoms with Crippen molar-refractivity contribution in [1.29, 1.82) is 0 Å². The molecule has 3 aliphatic rings. The second-order valence-corrected chi connectivity index (χ2v) is 12.5. The highest BCUT2D eigenvalue weighted by Crippen LogP contribution is 2.39. The first-order chi connectivity index (χ1) is 19.6. The van der Waals surface area contributed by atoms with E-state index in [2.05, 4.69) is 20.2 Å². The van der Waals surface area contributed by atoms with Crippen LogP contribution in [0.1, 0.15) is 92.2 Å². The molecule has 5 rings (SSSR count). The minimum atomic E-state index is -0.675. The average molecular weight is 593 g/mol. The molecule has 1 N–H and O–H groups in total. The standard InChI is InChI=1S/C28H40ClFN6O3.C2H6/c1-5-13-35(26(37)39-27(2,3)4)16-18-9-6-10-19-20-22(21(30)23(29)32-19)33-25(34-24(20)31-18)38-17-28-11-7-14-36(28)15-8-12-28;1-2/h18H,5-17H2,1-4H3,(H,31,33,34);1-2H3. The maximum atomic E-state index is 15.3. The third-order valence-corrected chi connectivity index (χ3v) is 8.22. The number of hydrogen-bond donors (Lipinski definition) is 1. The van der Waals surface area contributed by atoms with Gasteiger partial charge in [0.1, 0.15) is 23.5 Å². The molecule has 1 amide bonds. The highest BCUT2D eigenvalue weighted by Gasteiger charge is 2.45. The van der Waals surface area contributed by atoms with Crippen LogP contribution in [-0.4, -0.2) is 80.8 Å². The summed E-state index contributed by atoms with van der Waals surface area (Å²) in [7, 11) is 0. The molecule has 9 nitrogen and oxygen atoms in total. The summed E-state index contributed by atoms with van der Waals surface area (Å²) in [4.78, 5) is 30.8. The van der Waals surface area contributed by atoms with Gasteiger partial charge in [0.15, 0.2) is 11.0 Å². The molecule has 0 aliphatic carbocycles. The first kappa shape index (κ1) is 31.5. The fourth-order valence-electron chi connectivity index (χ4n) is 6.24. The molecule has 228 valence electrons. The van der Waals surface area contributed by atoms with Gasteiger partial charge in [0, 0.05) is 19.1 Å². The monoisotopic (exact) mass is 592 g/mol. The topological polar surface area (TPSA) is 92.7 Å². The van der Waals surface area contributed by atoms with Gasteiger partial charge < -0.3 is 19.7 Å². The molecule has 5 heterocycles. The van der Waals surface area contributed by atoms with E-state index in [1.165, 1.54) is 0 Å². The first-order valence-electron chi connectivity index (χ1n) is 15.3. The van der Waals surface area contributed by atoms with Gasteiger partial charge in [0.2, 0.25) is 0 Å². The van der Waals surface area contributed by atoms with Crippen molar-refractivity contribution in [3.05, 3.63) is 16.7 Å². The van der Waals surface area contributed by atoms with Crippen molar-refractivity contribution in [2.75, 3.05) is 38.1 Å². The lowest BCUT2D eigenvalue weighted by atomic mass is 9.95. The molecule has 2 saturated heterocycles. The van der Waals surface area contributed by atoms with Crippen LogP contribution in [0.4, 0.5) is 15.0 Å². The van der Waals surface area contributed by atoms with E-state index < -0.39 is 11.4 Å². The smallest absolute Gasteiger partial charge is 0.410 e. The number of nitrogens with one attached hydrogen (secondary N) is 1. The van der Waals surface area contributed by atoms with Crippen LogP contribution in [0.5, 0.6) is 6.01 Å². The zero-order chi connectivity index (χ0) is 29.8. The normalized spacial score (nSPS) is 19.9. The van der Waals surface area contributed by atoms with Crippen LogP contribution in [0, 0.1) is 5.82 Å². The second-order valence-electron chi connectivity index (χ2n) is 12.1. The summed E-state index contributed by atoms with van der Waals surface area (Å²) in [6.45, 7) is 15.3. The first-order valence-corrected chi connectivity index (χ1v) is 15.6. The summed E-state index contributed by atoms with van der Waals surface area (Å²) in [5.74, 6) is -0.212. The Morgan fingerprint density at radius 3 is 2.54 bits per heavy atom. The Balaban J connectivity index is 0.00000189. The van der Waals surface area contributed by atoms with E-state index in [9.17, 15) is 4.79 Å². The van der Waals surface area contributed by atoms with Crippen LogP contribution < -0.4 is 10.1 Å². The molecule has 11 heteroatoms. The molecule has 0 saturated carbocycles. The fraction of sp³-hybridized carbons (Fsp3) is 0.733. The Morgan fingerprint density at radius 1 is 1.17 bits per heavy atom. The van der Waals surface area contributed by atoms with Crippen molar-refractivity contribution in [1.82, 2.24) is 24.8 Å². The van der Waals surface area contributed by atoms with Gasteiger partial charge in [-0.1, -0.05) is 32.4 Å². The molecule has 1 unspecified atom stereocenters. The van der Waals surface area contributed by atoms with Crippen LogP contribution in [0.25, 0.3) is 10.9 Å². The largest absolute Gasteiger partial charge is 0.461 e. The van der Waals surface area contributed by atoms with Gasteiger partial charge in [-0.05, 0) is 85.2 Å². The van der Waals surface area contributed by atoms with E-state index in [0.717, 1.165) is 58.0 Å². The number of amides is 1. The van der Waals surface area contributed by atoms with Crippen LogP contribution in [0.3, 0.4) is 0 Å². The molecule has 2 fully saturated rings. The molecule has 0 bridgehead atoms. The summed E-state index contributed by atoms with van der Waals surface area (Å²) in [5.41, 5.74) is 0.200. The fourth-order valence-corrected chi connectivity index (χ4v) is 6.43. The molecular weight excluding hydrogens is 547 g/mol. The minimum absolute atomic E-state index is 0.00749. The predicted octanol–water partition coefficient (Wildman–Crippen LogP) is 6.61. The molecule has 0 spiro atoms. The van der Waals surface area contributed by atoms with Gasteiger partial charge in [-0.25, -0.2) is 14.2 Å². The number of anilines is 1. The van der Waals surface area contributed by atoms with Crippen LogP contribution in [-0.2, 0) is 11.2 Å². The van der Waals surface area contributed by atoms with E-state index in [0.29, 0.717) is 43.0 Å². The molecular formula is C30H46ClFN6O3. The third-order valence-electron chi connectivity index (χ3n) is 7.97. The SMILES string of the molecule is CC.CCCN(CC1CCCc2nc(Cl)c(F)c3nc(OCC45CCCN4CCC5)nc(c23)N1)C(=O)OC(C)(C)C. The summed E-state index contributed by atoms with van der Waals surface area (Å²) in [6.07, 6.45) is 7.08. The number of aryl methyl sites for hydroxylation is 1. The van der Waals surface area contributed by atoms with E-state index in [1.54, 1.807) is 4.90 Å². The number of nitrogens with zero attached hydrogens (tertiary/aromatic N) is 5. The molecule has 2 aromatic rings. The molecule has 3 aliphatic heterocycles. The van der Waals surface area contributed by atoms with E-state index in [-0.39, 0.29) is 34.4 Å². The lowest BCUT2D eigenvalue weighted by molar-refractivity contribution is 0.0240. The summed E-state index contributed by atoms with van der Waals surface area (Å²) in [6, 6.07) is 0.00257. The second kappa shape index (κ2) is 13.2. The molecule has 1 atom stereocenters.